The first kappa shape index (κ1) is 9.15. The second kappa shape index (κ2) is 3.38. The van der Waals surface area contributed by atoms with Crippen molar-refractivity contribution in [2.75, 3.05) is 0 Å². The Bertz CT molecular complexity index is 513. The Hall–Kier alpha value is -1.42. The summed E-state index contributed by atoms with van der Waals surface area (Å²) in [6, 6.07) is 7.97. The van der Waals surface area contributed by atoms with Crippen LogP contribution in [0.5, 0.6) is 0 Å². The lowest BCUT2D eigenvalue weighted by molar-refractivity contribution is 0.534. The number of aromatic nitrogens is 2. The van der Waals surface area contributed by atoms with Gasteiger partial charge in [-0.25, -0.2) is 4.68 Å². The number of nitrogens with zero attached hydrogens (tertiary/aromatic N) is 2. The topological polar surface area (TPSA) is 31.0 Å². The van der Waals surface area contributed by atoms with Gasteiger partial charge in [-0.1, -0.05) is 17.7 Å². The number of hydrogen-bond donors (Lipinski definition) is 0. The summed E-state index contributed by atoms with van der Waals surface area (Å²) in [5.74, 6) is 0.571. The first-order valence-electron chi connectivity index (χ1n) is 4.28. The van der Waals surface area contributed by atoms with Crippen LogP contribution in [0.15, 0.2) is 28.7 Å². The molecule has 2 aromatic rings. The van der Waals surface area contributed by atoms with Crippen molar-refractivity contribution >= 4 is 12.2 Å². The highest BCUT2D eigenvalue weighted by atomic mass is 32.1. The molecule has 0 saturated carbocycles. The van der Waals surface area contributed by atoms with Crippen LogP contribution >= 0.6 is 12.2 Å². The molecule has 0 atom stereocenters. The first-order valence-corrected chi connectivity index (χ1v) is 4.69. The van der Waals surface area contributed by atoms with Crippen LogP contribution in [0, 0.1) is 11.8 Å². The highest BCUT2D eigenvalue weighted by Crippen LogP contribution is 2.18. The quantitative estimate of drug-likeness (QED) is 0.672. The Balaban J connectivity index is 2.54. The molecule has 0 saturated heterocycles. The first-order chi connectivity index (χ1) is 6.66. The Labute approximate surface area is 87.0 Å². The minimum atomic E-state index is 0.390. The second-order valence-electron chi connectivity index (χ2n) is 3.17. The molecule has 0 spiro atoms. The largest absolute Gasteiger partial charge is 0.409 e. The molecule has 4 heteroatoms. The van der Waals surface area contributed by atoms with Gasteiger partial charge in [0.25, 0.3) is 4.84 Å². The molecule has 1 aromatic carbocycles. The van der Waals surface area contributed by atoms with E-state index >= 15 is 0 Å². The highest BCUT2D eigenvalue weighted by molar-refractivity contribution is 7.71. The van der Waals surface area contributed by atoms with Crippen molar-refractivity contribution < 1.29 is 4.42 Å². The fraction of sp³-hybridized carbons (Fsp3) is 0.200. The lowest BCUT2D eigenvalue weighted by Gasteiger charge is -1.95. The van der Waals surface area contributed by atoms with Gasteiger partial charge in [-0.05, 0) is 31.3 Å². The minimum Gasteiger partial charge on any atom is -0.409 e. The maximum Gasteiger partial charge on any atom is 0.287 e. The van der Waals surface area contributed by atoms with Gasteiger partial charge in [0.1, 0.15) is 0 Å². The van der Waals surface area contributed by atoms with Gasteiger partial charge in [-0.15, -0.1) is 5.10 Å². The summed E-state index contributed by atoms with van der Waals surface area (Å²) in [4.78, 5) is 0.390. The summed E-state index contributed by atoms with van der Waals surface area (Å²) in [5.41, 5.74) is 2.13. The molecule has 14 heavy (non-hydrogen) atoms. The van der Waals surface area contributed by atoms with Gasteiger partial charge in [0.15, 0.2) is 0 Å². The molecule has 72 valence electrons. The maximum absolute atomic E-state index is 5.32. The van der Waals surface area contributed by atoms with Crippen LogP contribution in [-0.2, 0) is 7.05 Å². The highest BCUT2D eigenvalue weighted by Gasteiger charge is 2.05. The fourth-order valence-electron chi connectivity index (χ4n) is 1.24. The van der Waals surface area contributed by atoms with E-state index in [4.69, 9.17) is 16.6 Å². The summed E-state index contributed by atoms with van der Waals surface area (Å²) >= 11 is 4.94. The van der Waals surface area contributed by atoms with E-state index in [-0.39, 0.29) is 0 Å². The van der Waals surface area contributed by atoms with Gasteiger partial charge in [0.2, 0.25) is 5.89 Å². The molecule has 0 fully saturated rings. The Morgan fingerprint density at radius 2 is 2.21 bits per heavy atom. The van der Waals surface area contributed by atoms with Crippen LogP contribution in [0.4, 0.5) is 0 Å². The summed E-state index contributed by atoms with van der Waals surface area (Å²) in [6.07, 6.45) is 0. The maximum atomic E-state index is 5.32. The molecule has 0 unspecified atom stereocenters. The van der Waals surface area contributed by atoms with E-state index < -0.39 is 0 Å². The third-order valence-electron chi connectivity index (χ3n) is 1.95. The molecule has 0 radical (unpaired) electrons. The molecule has 0 amide bonds. The normalized spacial score (nSPS) is 10.4. The Kier molecular flexibility index (Phi) is 2.21. The predicted molar refractivity (Wildman–Crippen MR) is 56.5 cm³/mol. The SMILES string of the molecule is Cc1cccc(-c2nn(C)c(=S)o2)c1. The van der Waals surface area contributed by atoms with Crippen molar-refractivity contribution in [2.45, 2.75) is 6.92 Å². The van der Waals surface area contributed by atoms with E-state index in [9.17, 15) is 0 Å². The van der Waals surface area contributed by atoms with Crippen molar-refractivity contribution in [1.82, 2.24) is 9.78 Å². The molecule has 0 bridgehead atoms. The summed E-state index contributed by atoms with van der Waals surface area (Å²) in [6.45, 7) is 2.03. The zero-order chi connectivity index (χ0) is 10.1. The third kappa shape index (κ3) is 1.61. The molecular weight excluding hydrogens is 196 g/mol. The standard InChI is InChI=1S/C10H10N2OS/c1-7-4-3-5-8(6-7)9-11-12(2)10(14)13-9/h3-6H,1-2H3. The average Bonchev–Trinajstić information content (AvgIpc) is 2.47. The van der Waals surface area contributed by atoms with Crippen molar-refractivity contribution in [1.29, 1.82) is 0 Å². The van der Waals surface area contributed by atoms with Gasteiger partial charge in [0.05, 0.1) is 0 Å². The van der Waals surface area contributed by atoms with Crippen LogP contribution in [0.3, 0.4) is 0 Å². The van der Waals surface area contributed by atoms with E-state index in [0.717, 1.165) is 5.56 Å². The van der Waals surface area contributed by atoms with Crippen molar-refractivity contribution in [3.8, 4) is 11.5 Å². The van der Waals surface area contributed by atoms with Crippen LogP contribution in [-0.4, -0.2) is 9.78 Å². The molecule has 3 nitrogen and oxygen atoms in total. The summed E-state index contributed by atoms with van der Waals surface area (Å²) < 4.78 is 6.87. The van der Waals surface area contributed by atoms with Crippen LogP contribution < -0.4 is 0 Å². The lowest BCUT2D eigenvalue weighted by Crippen LogP contribution is -1.89. The zero-order valence-electron chi connectivity index (χ0n) is 8.02. The summed E-state index contributed by atoms with van der Waals surface area (Å²) in [7, 11) is 1.77. The van der Waals surface area contributed by atoms with Gasteiger partial charge in [-0.3, -0.25) is 0 Å². The average molecular weight is 206 g/mol. The van der Waals surface area contributed by atoms with E-state index in [1.165, 1.54) is 5.56 Å². The summed E-state index contributed by atoms with van der Waals surface area (Å²) in [5, 5.41) is 4.17. The van der Waals surface area contributed by atoms with E-state index in [0.29, 0.717) is 10.7 Å². The Morgan fingerprint density at radius 1 is 1.43 bits per heavy atom. The Morgan fingerprint density at radius 3 is 2.79 bits per heavy atom. The van der Waals surface area contributed by atoms with Gasteiger partial charge >= 0.3 is 0 Å². The number of benzene rings is 1. The minimum absolute atomic E-state index is 0.390. The van der Waals surface area contributed by atoms with Crippen LogP contribution in [0.2, 0.25) is 0 Å². The third-order valence-corrected chi connectivity index (χ3v) is 2.30. The number of rotatable bonds is 1. The number of hydrogen-bond acceptors (Lipinski definition) is 3. The van der Waals surface area contributed by atoms with Crippen LogP contribution in [0.1, 0.15) is 5.56 Å². The smallest absolute Gasteiger partial charge is 0.287 e. The second-order valence-corrected chi connectivity index (χ2v) is 3.52. The van der Waals surface area contributed by atoms with Crippen molar-refractivity contribution in [3.63, 3.8) is 0 Å². The zero-order valence-corrected chi connectivity index (χ0v) is 8.84. The van der Waals surface area contributed by atoms with Crippen molar-refractivity contribution in [3.05, 3.63) is 34.7 Å². The molecular formula is C10H10N2OS. The molecule has 0 aliphatic heterocycles. The molecule has 0 aliphatic rings. The molecule has 0 N–H and O–H groups in total. The monoisotopic (exact) mass is 206 g/mol. The van der Waals surface area contributed by atoms with E-state index in [1.54, 1.807) is 11.7 Å². The molecule has 1 heterocycles. The van der Waals surface area contributed by atoms with E-state index in [2.05, 4.69) is 5.10 Å². The molecule has 2 rings (SSSR count). The predicted octanol–water partition coefficient (Wildman–Crippen LogP) is 2.72. The van der Waals surface area contributed by atoms with Crippen LogP contribution in [0.25, 0.3) is 11.5 Å². The van der Waals surface area contributed by atoms with Gasteiger partial charge in [0, 0.05) is 12.6 Å². The van der Waals surface area contributed by atoms with Gasteiger partial charge < -0.3 is 4.42 Å². The van der Waals surface area contributed by atoms with Gasteiger partial charge in [-0.2, -0.15) is 0 Å². The fourth-order valence-corrected chi connectivity index (χ4v) is 1.36. The molecule has 0 aliphatic carbocycles. The van der Waals surface area contributed by atoms with Crippen molar-refractivity contribution in [2.24, 2.45) is 7.05 Å². The van der Waals surface area contributed by atoms with E-state index in [1.807, 2.05) is 31.2 Å². The molecule has 1 aromatic heterocycles. The lowest BCUT2D eigenvalue weighted by atomic mass is 10.1. The number of aryl methyl sites for hydroxylation is 2.